The van der Waals surface area contributed by atoms with E-state index in [0.29, 0.717) is 11.3 Å². The average molecular weight is 366 g/mol. The number of hydrogen-bond donors (Lipinski definition) is 2. The maximum atomic E-state index is 12.4. The van der Waals surface area contributed by atoms with Crippen LogP contribution in [0.2, 0.25) is 0 Å². The predicted molar refractivity (Wildman–Crippen MR) is 110 cm³/mol. The summed E-state index contributed by atoms with van der Waals surface area (Å²) in [6.07, 6.45) is 3.35. The summed E-state index contributed by atoms with van der Waals surface area (Å²) in [7, 11) is 1.65. The highest BCUT2D eigenvalue weighted by Gasteiger charge is 2.07. The van der Waals surface area contributed by atoms with Crippen molar-refractivity contribution in [3.8, 4) is 5.75 Å². The van der Waals surface area contributed by atoms with Crippen LogP contribution in [0.5, 0.6) is 5.75 Å². The Labute approximate surface area is 160 Å². The van der Waals surface area contributed by atoms with Crippen molar-refractivity contribution in [1.29, 1.82) is 0 Å². The molecule has 27 heavy (non-hydrogen) atoms. The first-order valence-electron chi connectivity index (χ1n) is 8.85. The number of ketones is 1. The molecular formula is C22H26N2O3. The molecule has 2 aromatic carbocycles. The maximum Gasteiger partial charge on any atom is 0.319 e. The minimum atomic E-state index is -0.269. The van der Waals surface area contributed by atoms with Crippen molar-refractivity contribution in [2.75, 3.05) is 12.4 Å². The second-order valence-electron chi connectivity index (χ2n) is 6.72. The zero-order valence-corrected chi connectivity index (χ0v) is 16.4. The highest BCUT2D eigenvalue weighted by Crippen LogP contribution is 2.25. The quantitative estimate of drug-likeness (QED) is 0.573. The largest absolute Gasteiger partial charge is 0.496 e. The zero-order valence-electron chi connectivity index (χ0n) is 16.4. The van der Waals surface area contributed by atoms with Crippen LogP contribution in [0.15, 0.2) is 42.5 Å². The minimum Gasteiger partial charge on any atom is -0.496 e. The Morgan fingerprint density at radius 3 is 2.15 bits per heavy atom. The van der Waals surface area contributed by atoms with Crippen LogP contribution >= 0.6 is 0 Å². The monoisotopic (exact) mass is 366 g/mol. The van der Waals surface area contributed by atoms with Crippen LogP contribution in [-0.4, -0.2) is 25.0 Å². The summed E-state index contributed by atoms with van der Waals surface area (Å²) in [6.45, 7) is 7.73. The fourth-order valence-electron chi connectivity index (χ4n) is 2.82. The highest BCUT2D eigenvalue weighted by molar-refractivity contribution is 6.07. The Hall–Kier alpha value is -3.08. The molecule has 142 valence electrons. The molecule has 0 heterocycles. The number of allylic oxidation sites excluding steroid dienone is 1. The second-order valence-corrected chi connectivity index (χ2v) is 6.72. The molecule has 0 saturated heterocycles. The van der Waals surface area contributed by atoms with Crippen LogP contribution in [0.1, 0.15) is 40.9 Å². The lowest BCUT2D eigenvalue weighted by Crippen LogP contribution is -2.34. The third-order valence-electron chi connectivity index (χ3n) is 3.96. The number of carbonyl (C=O) groups excluding carboxylic acids is 2. The van der Waals surface area contributed by atoms with E-state index in [0.717, 1.165) is 22.4 Å². The molecule has 0 spiro atoms. The van der Waals surface area contributed by atoms with Gasteiger partial charge in [0.05, 0.1) is 7.11 Å². The molecule has 5 nitrogen and oxygen atoms in total. The van der Waals surface area contributed by atoms with Crippen molar-refractivity contribution in [1.82, 2.24) is 5.32 Å². The van der Waals surface area contributed by atoms with Crippen molar-refractivity contribution in [2.24, 2.45) is 0 Å². The summed E-state index contributed by atoms with van der Waals surface area (Å²) >= 11 is 0. The number of amides is 2. The van der Waals surface area contributed by atoms with E-state index in [-0.39, 0.29) is 17.9 Å². The second kappa shape index (κ2) is 9.03. The number of urea groups is 1. The SMILES string of the molecule is COc1c(C)cc(C=CC(=O)c2ccc(NC(=O)NC(C)C)cc2)cc1C. The molecule has 0 aliphatic heterocycles. The molecule has 0 aromatic heterocycles. The first kappa shape index (κ1) is 20.2. The number of methoxy groups -OCH3 is 1. The van der Waals surface area contributed by atoms with E-state index in [1.54, 1.807) is 43.5 Å². The summed E-state index contributed by atoms with van der Waals surface area (Å²) in [6, 6.07) is 10.6. The van der Waals surface area contributed by atoms with E-state index in [2.05, 4.69) is 10.6 Å². The van der Waals surface area contributed by atoms with Gasteiger partial charge < -0.3 is 15.4 Å². The lowest BCUT2D eigenvalue weighted by molar-refractivity contribution is 0.104. The molecule has 2 N–H and O–H groups in total. The summed E-state index contributed by atoms with van der Waals surface area (Å²) in [5.41, 5.74) is 4.19. The minimum absolute atomic E-state index is 0.0567. The number of rotatable bonds is 6. The third kappa shape index (κ3) is 5.71. The summed E-state index contributed by atoms with van der Waals surface area (Å²) in [4.78, 5) is 24.1. The van der Waals surface area contributed by atoms with Crippen LogP contribution < -0.4 is 15.4 Å². The van der Waals surface area contributed by atoms with Gasteiger partial charge in [-0.05, 0) is 86.9 Å². The van der Waals surface area contributed by atoms with E-state index in [1.165, 1.54) is 0 Å². The topological polar surface area (TPSA) is 67.4 Å². The molecule has 2 amide bonds. The first-order valence-corrected chi connectivity index (χ1v) is 8.85. The van der Waals surface area contributed by atoms with E-state index in [9.17, 15) is 9.59 Å². The number of anilines is 1. The van der Waals surface area contributed by atoms with Crippen molar-refractivity contribution in [3.63, 3.8) is 0 Å². The van der Waals surface area contributed by atoms with Crippen LogP contribution in [0, 0.1) is 13.8 Å². The zero-order chi connectivity index (χ0) is 20.0. The molecule has 0 radical (unpaired) electrons. The van der Waals surface area contributed by atoms with E-state index < -0.39 is 0 Å². The van der Waals surface area contributed by atoms with Gasteiger partial charge >= 0.3 is 6.03 Å². The highest BCUT2D eigenvalue weighted by atomic mass is 16.5. The Morgan fingerprint density at radius 1 is 1.04 bits per heavy atom. The smallest absolute Gasteiger partial charge is 0.319 e. The van der Waals surface area contributed by atoms with E-state index in [4.69, 9.17) is 4.74 Å². The van der Waals surface area contributed by atoms with Crippen molar-refractivity contribution in [3.05, 3.63) is 64.7 Å². The predicted octanol–water partition coefficient (Wildman–Crippen LogP) is 4.74. The molecule has 0 aliphatic rings. The van der Waals surface area contributed by atoms with Crippen LogP contribution in [0.25, 0.3) is 6.08 Å². The fourth-order valence-corrected chi connectivity index (χ4v) is 2.82. The summed E-state index contributed by atoms with van der Waals surface area (Å²) < 4.78 is 5.36. The van der Waals surface area contributed by atoms with E-state index >= 15 is 0 Å². The van der Waals surface area contributed by atoms with Crippen LogP contribution in [-0.2, 0) is 0 Å². The molecule has 0 saturated carbocycles. The average Bonchev–Trinajstić information content (AvgIpc) is 2.59. The van der Waals surface area contributed by atoms with Gasteiger partial charge in [-0.3, -0.25) is 4.79 Å². The van der Waals surface area contributed by atoms with E-state index in [1.807, 2.05) is 39.8 Å². The Bertz CT molecular complexity index is 829. The summed E-state index contributed by atoms with van der Waals surface area (Å²) in [5, 5.41) is 5.48. The third-order valence-corrected chi connectivity index (χ3v) is 3.96. The van der Waals surface area contributed by atoms with Crippen LogP contribution in [0.4, 0.5) is 10.5 Å². The van der Waals surface area contributed by atoms with Gasteiger partial charge in [-0.2, -0.15) is 0 Å². The van der Waals surface area contributed by atoms with Gasteiger partial charge in [-0.25, -0.2) is 4.79 Å². The first-order chi connectivity index (χ1) is 12.8. The van der Waals surface area contributed by atoms with Crippen LogP contribution in [0.3, 0.4) is 0 Å². The van der Waals surface area contributed by atoms with Crippen molar-refractivity contribution in [2.45, 2.75) is 33.7 Å². The molecule has 0 aliphatic carbocycles. The Morgan fingerprint density at radius 2 is 1.63 bits per heavy atom. The fraction of sp³-hybridized carbons (Fsp3) is 0.273. The molecule has 0 atom stereocenters. The Balaban J connectivity index is 2.06. The number of carbonyl (C=O) groups is 2. The summed E-state index contributed by atoms with van der Waals surface area (Å²) in [5.74, 6) is 0.766. The maximum absolute atomic E-state index is 12.4. The normalized spacial score (nSPS) is 10.9. The molecular weight excluding hydrogens is 340 g/mol. The number of hydrogen-bond acceptors (Lipinski definition) is 3. The number of benzene rings is 2. The molecule has 0 fully saturated rings. The molecule has 2 aromatic rings. The van der Waals surface area contributed by atoms with Crippen molar-refractivity contribution >= 4 is 23.6 Å². The lowest BCUT2D eigenvalue weighted by atomic mass is 10.0. The number of nitrogens with one attached hydrogen (secondary N) is 2. The van der Waals surface area contributed by atoms with Gasteiger partial charge in [0.2, 0.25) is 0 Å². The number of ether oxygens (including phenoxy) is 1. The standard InChI is InChI=1S/C22H26N2O3/c1-14(2)23-22(26)24-19-9-7-18(8-10-19)20(25)11-6-17-12-15(3)21(27-5)16(4)13-17/h6-14H,1-5H3,(H2,23,24,26). The Kier molecular flexibility index (Phi) is 6.77. The van der Waals surface area contributed by atoms with Gasteiger partial charge in [-0.15, -0.1) is 0 Å². The lowest BCUT2D eigenvalue weighted by Gasteiger charge is -2.10. The molecule has 0 unspecified atom stereocenters. The van der Waals surface area contributed by atoms with Gasteiger partial charge in [0.15, 0.2) is 5.78 Å². The van der Waals surface area contributed by atoms with Gasteiger partial charge in [-0.1, -0.05) is 6.08 Å². The number of aryl methyl sites for hydroxylation is 2. The van der Waals surface area contributed by atoms with Gasteiger partial charge in [0.25, 0.3) is 0 Å². The van der Waals surface area contributed by atoms with Gasteiger partial charge in [0, 0.05) is 17.3 Å². The van der Waals surface area contributed by atoms with Crippen molar-refractivity contribution < 1.29 is 14.3 Å². The molecule has 0 bridgehead atoms. The van der Waals surface area contributed by atoms with Gasteiger partial charge in [0.1, 0.15) is 5.75 Å². The molecule has 2 rings (SSSR count). The molecule has 5 heteroatoms.